The zero-order chi connectivity index (χ0) is 16.3. The topological polar surface area (TPSA) is 77.1 Å². The Labute approximate surface area is 136 Å². The van der Waals surface area contributed by atoms with Crippen molar-refractivity contribution in [3.05, 3.63) is 0 Å². The molecular weight excluding hydrogens is 300 g/mol. The van der Waals surface area contributed by atoms with Gasteiger partial charge in [-0.05, 0) is 19.3 Å². The van der Waals surface area contributed by atoms with Gasteiger partial charge < -0.3 is 24.4 Å². The summed E-state index contributed by atoms with van der Waals surface area (Å²) in [5.41, 5.74) is -0.824. The van der Waals surface area contributed by atoms with Gasteiger partial charge in [0, 0.05) is 46.2 Å². The number of methoxy groups -OCH3 is 1. The normalized spacial score (nSPS) is 24.7. The maximum absolute atomic E-state index is 12.8. The van der Waals surface area contributed by atoms with E-state index in [0.717, 1.165) is 6.42 Å². The summed E-state index contributed by atoms with van der Waals surface area (Å²) in [6, 6.07) is 0. The molecule has 1 spiro atoms. The van der Waals surface area contributed by atoms with E-state index < -0.39 is 11.2 Å². The highest BCUT2D eigenvalue weighted by atomic mass is 16.7. The van der Waals surface area contributed by atoms with E-state index in [1.54, 1.807) is 12.0 Å². The summed E-state index contributed by atoms with van der Waals surface area (Å²) in [6.45, 7) is 3.60. The average Bonchev–Trinajstić information content (AvgIpc) is 3.27. The van der Waals surface area contributed by atoms with Crippen LogP contribution in [0.15, 0.2) is 0 Å². The Morgan fingerprint density at radius 2 is 1.78 bits per heavy atom. The largest absolute Gasteiger partial charge is 0.385 e. The number of hydrogen-bond acceptors (Lipinski definition) is 5. The molecule has 2 amide bonds. The van der Waals surface area contributed by atoms with Crippen LogP contribution < -0.4 is 5.32 Å². The molecule has 0 atom stereocenters. The lowest BCUT2D eigenvalue weighted by Crippen LogP contribution is -2.52. The molecule has 0 aromatic heterocycles. The van der Waals surface area contributed by atoms with Gasteiger partial charge in [0.1, 0.15) is 5.41 Å². The first-order chi connectivity index (χ1) is 11.1. The van der Waals surface area contributed by atoms with Gasteiger partial charge in [0.25, 0.3) is 0 Å². The molecule has 0 aromatic rings. The van der Waals surface area contributed by atoms with Gasteiger partial charge in [0.2, 0.25) is 11.8 Å². The van der Waals surface area contributed by atoms with Crippen LogP contribution >= 0.6 is 0 Å². The molecule has 1 saturated carbocycles. The number of ether oxygens (including phenoxy) is 3. The van der Waals surface area contributed by atoms with E-state index in [2.05, 4.69) is 5.32 Å². The highest BCUT2D eigenvalue weighted by Crippen LogP contribution is 2.48. The van der Waals surface area contributed by atoms with Gasteiger partial charge in [0.15, 0.2) is 5.79 Å². The third-order valence-electron chi connectivity index (χ3n) is 5.03. The van der Waals surface area contributed by atoms with Crippen LogP contribution in [0.1, 0.15) is 32.1 Å². The number of likely N-dealkylation sites (tertiary alicyclic amines) is 1. The second kappa shape index (κ2) is 6.75. The van der Waals surface area contributed by atoms with Crippen LogP contribution in [0.2, 0.25) is 0 Å². The molecule has 3 aliphatic rings. The lowest BCUT2D eigenvalue weighted by Gasteiger charge is -2.38. The molecule has 130 valence electrons. The first kappa shape index (κ1) is 16.7. The maximum Gasteiger partial charge on any atom is 0.238 e. The Morgan fingerprint density at radius 1 is 1.13 bits per heavy atom. The van der Waals surface area contributed by atoms with Gasteiger partial charge in [0.05, 0.1) is 13.2 Å². The molecule has 3 fully saturated rings. The van der Waals surface area contributed by atoms with Gasteiger partial charge in [-0.25, -0.2) is 0 Å². The van der Waals surface area contributed by atoms with Crippen LogP contribution in [0.3, 0.4) is 0 Å². The van der Waals surface area contributed by atoms with Crippen molar-refractivity contribution in [1.82, 2.24) is 10.2 Å². The lowest BCUT2D eigenvalue weighted by molar-refractivity contribution is -0.188. The zero-order valence-corrected chi connectivity index (χ0v) is 13.8. The van der Waals surface area contributed by atoms with Crippen molar-refractivity contribution in [3.8, 4) is 0 Å². The number of hydrogen-bond donors (Lipinski definition) is 1. The molecule has 0 bridgehead atoms. The molecule has 7 nitrogen and oxygen atoms in total. The average molecular weight is 326 g/mol. The van der Waals surface area contributed by atoms with E-state index in [1.165, 1.54) is 0 Å². The van der Waals surface area contributed by atoms with Crippen LogP contribution in [0.4, 0.5) is 0 Å². The van der Waals surface area contributed by atoms with Gasteiger partial charge in [-0.15, -0.1) is 0 Å². The zero-order valence-electron chi connectivity index (χ0n) is 13.8. The summed E-state index contributed by atoms with van der Waals surface area (Å²) in [5.74, 6) is -0.655. The van der Waals surface area contributed by atoms with Crippen molar-refractivity contribution in [2.45, 2.75) is 37.9 Å². The Hall–Kier alpha value is -1.18. The van der Waals surface area contributed by atoms with Crippen LogP contribution in [0.25, 0.3) is 0 Å². The van der Waals surface area contributed by atoms with Crippen LogP contribution in [0.5, 0.6) is 0 Å². The number of nitrogens with one attached hydrogen (secondary N) is 1. The molecule has 23 heavy (non-hydrogen) atoms. The quantitative estimate of drug-likeness (QED) is 0.561. The van der Waals surface area contributed by atoms with Crippen molar-refractivity contribution < 1.29 is 23.8 Å². The van der Waals surface area contributed by atoms with E-state index in [0.29, 0.717) is 65.1 Å². The fourth-order valence-corrected chi connectivity index (χ4v) is 3.39. The highest BCUT2D eigenvalue weighted by molar-refractivity contribution is 6.07. The number of amides is 2. The smallest absolute Gasteiger partial charge is 0.238 e. The molecule has 2 heterocycles. The van der Waals surface area contributed by atoms with E-state index in [4.69, 9.17) is 14.2 Å². The summed E-state index contributed by atoms with van der Waals surface area (Å²) in [4.78, 5) is 27.0. The molecule has 1 aliphatic carbocycles. The number of rotatable bonds is 6. The number of nitrogens with zero attached hydrogens (tertiary/aromatic N) is 1. The van der Waals surface area contributed by atoms with Crippen molar-refractivity contribution >= 4 is 11.8 Å². The number of carbonyl (C=O) groups excluding carboxylic acids is 2. The third-order valence-corrected chi connectivity index (χ3v) is 5.03. The van der Waals surface area contributed by atoms with Gasteiger partial charge in [-0.2, -0.15) is 0 Å². The van der Waals surface area contributed by atoms with E-state index in [9.17, 15) is 9.59 Å². The molecule has 3 rings (SSSR count). The molecular formula is C16H26N2O5. The fourth-order valence-electron chi connectivity index (χ4n) is 3.39. The lowest BCUT2D eigenvalue weighted by atomic mass is 9.99. The molecule has 0 aromatic carbocycles. The Morgan fingerprint density at radius 3 is 2.35 bits per heavy atom. The number of carbonyl (C=O) groups is 2. The minimum absolute atomic E-state index is 0.0328. The first-order valence-electron chi connectivity index (χ1n) is 8.46. The Kier molecular flexibility index (Phi) is 4.89. The second-order valence-electron chi connectivity index (χ2n) is 6.58. The molecule has 0 radical (unpaired) electrons. The summed E-state index contributed by atoms with van der Waals surface area (Å²) >= 11 is 0. The molecule has 7 heteroatoms. The Bertz CT molecular complexity index is 447. The van der Waals surface area contributed by atoms with Crippen LogP contribution in [-0.2, 0) is 23.8 Å². The standard InChI is InChI=1S/C16H26N2O5/c1-21-10-2-7-17-13(19)15(3-4-15)14(20)18-8-5-16(6-9-18)22-11-12-23-16/h2-12H2,1H3,(H,17,19). The fraction of sp³-hybridized carbons (Fsp3) is 0.875. The van der Waals surface area contributed by atoms with Crippen molar-refractivity contribution in [1.29, 1.82) is 0 Å². The first-order valence-corrected chi connectivity index (χ1v) is 8.46. The van der Waals surface area contributed by atoms with Gasteiger partial charge in [-0.3, -0.25) is 9.59 Å². The predicted molar refractivity (Wildman–Crippen MR) is 81.6 cm³/mol. The second-order valence-corrected chi connectivity index (χ2v) is 6.58. The molecule has 1 N–H and O–H groups in total. The maximum atomic E-state index is 12.8. The monoisotopic (exact) mass is 326 g/mol. The van der Waals surface area contributed by atoms with Crippen molar-refractivity contribution in [2.75, 3.05) is 46.6 Å². The molecule has 2 aliphatic heterocycles. The van der Waals surface area contributed by atoms with Crippen LogP contribution in [-0.4, -0.2) is 69.1 Å². The van der Waals surface area contributed by atoms with E-state index >= 15 is 0 Å². The highest BCUT2D eigenvalue weighted by Gasteiger charge is 2.58. The van der Waals surface area contributed by atoms with Crippen LogP contribution in [0, 0.1) is 5.41 Å². The summed E-state index contributed by atoms with van der Waals surface area (Å²) in [5, 5.41) is 2.87. The minimum Gasteiger partial charge on any atom is -0.385 e. The van der Waals surface area contributed by atoms with E-state index in [1.807, 2.05) is 0 Å². The predicted octanol–water partition coefficient (Wildman–Crippen LogP) is 0.285. The van der Waals surface area contributed by atoms with Crippen molar-refractivity contribution in [2.24, 2.45) is 5.41 Å². The summed E-state index contributed by atoms with van der Waals surface area (Å²) in [7, 11) is 1.63. The van der Waals surface area contributed by atoms with Crippen molar-refractivity contribution in [3.63, 3.8) is 0 Å². The van der Waals surface area contributed by atoms with E-state index in [-0.39, 0.29) is 11.8 Å². The van der Waals surface area contributed by atoms with Gasteiger partial charge >= 0.3 is 0 Å². The Balaban J connectivity index is 1.50. The summed E-state index contributed by atoms with van der Waals surface area (Å²) < 4.78 is 16.3. The minimum atomic E-state index is -0.824. The van der Waals surface area contributed by atoms with Gasteiger partial charge in [-0.1, -0.05) is 0 Å². The molecule has 0 unspecified atom stereocenters. The molecule has 2 saturated heterocycles. The third kappa shape index (κ3) is 3.36. The SMILES string of the molecule is COCCCNC(=O)C1(C(=O)N2CCC3(CC2)OCCO3)CC1. The summed E-state index contributed by atoms with van der Waals surface area (Å²) in [6.07, 6.45) is 3.43. The number of piperidine rings is 1.